The number of allylic oxidation sites excluding steroid dienone is 7. The number of ether oxygens (including phenoxy) is 1. The Morgan fingerprint density at radius 2 is 2.11 bits per heavy atom. The van der Waals surface area contributed by atoms with Crippen molar-refractivity contribution in [3.63, 3.8) is 0 Å². The van der Waals surface area contributed by atoms with Crippen LogP contribution < -0.4 is 0 Å². The van der Waals surface area contributed by atoms with Gasteiger partial charge in [-0.05, 0) is 43.9 Å². The topological polar surface area (TPSA) is 9.23 Å². The lowest BCUT2D eigenvalue weighted by Gasteiger charge is -2.28. The zero-order chi connectivity index (χ0) is 13.4. The third kappa shape index (κ3) is 3.63. The fourth-order valence-electron chi connectivity index (χ4n) is 1.99. The van der Waals surface area contributed by atoms with E-state index in [2.05, 4.69) is 26.2 Å². The second-order valence-electron chi connectivity index (χ2n) is 4.12. The lowest BCUT2D eigenvalue weighted by atomic mass is 9.96. The van der Waals surface area contributed by atoms with Crippen LogP contribution in [0.4, 0.5) is 0 Å². The number of hydrogen-bond acceptors (Lipinski definition) is 1. The maximum absolute atomic E-state index is 6.05. The van der Waals surface area contributed by atoms with Crippen molar-refractivity contribution >= 4 is 0 Å². The van der Waals surface area contributed by atoms with Crippen molar-refractivity contribution in [2.75, 3.05) is 0 Å². The third-order valence-electron chi connectivity index (χ3n) is 2.97. The zero-order valence-electron chi connectivity index (χ0n) is 11.4. The summed E-state index contributed by atoms with van der Waals surface area (Å²) in [6.07, 6.45) is 15.8. The van der Waals surface area contributed by atoms with E-state index in [1.807, 2.05) is 37.3 Å². The van der Waals surface area contributed by atoms with Crippen LogP contribution in [0.1, 0.15) is 26.7 Å². The van der Waals surface area contributed by atoms with Gasteiger partial charge in [-0.25, -0.2) is 0 Å². The highest BCUT2D eigenvalue weighted by molar-refractivity contribution is 5.34. The Morgan fingerprint density at radius 1 is 1.33 bits per heavy atom. The average Bonchev–Trinajstić information content (AvgIpc) is 2.42. The molecule has 0 saturated carbocycles. The first-order valence-corrected chi connectivity index (χ1v) is 6.37. The molecule has 1 nitrogen and oxygen atoms in total. The Kier molecular flexibility index (Phi) is 5.99. The molecule has 96 valence electrons. The first kappa shape index (κ1) is 14.3. The molecule has 1 heterocycles. The summed E-state index contributed by atoms with van der Waals surface area (Å²) in [5, 5.41) is 0. The second kappa shape index (κ2) is 7.54. The maximum atomic E-state index is 6.05. The molecule has 0 spiro atoms. The van der Waals surface area contributed by atoms with Gasteiger partial charge in [0.1, 0.15) is 11.9 Å². The molecule has 0 N–H and O–H groups in total. The van der Waals surface area contributed by atoms with Crippen LogP contribution in [-0.4, -0.2) is 6.10 Å². The Hall–Kier alpha value is -1.76. The van der Waals surface area contributed by atoms with Crippen LogP contribution in [0.2, 0.25) is 0 Å². The van der Waals surface area contributed by atoms with Crippen molar-refractivity contribution in [2.24, 2.45) is 0 Å². The highest BCUT2D eigenvalue weighted by Crippen LogP contribution is 2.31. The minimum atomic E-state index is 0.0840. The van der Waals surface area contributed by atoms with Crippen molar-refractivity contribution in [2.45, 2.75) is 32.8 Å². The van der Waals surface area contributed by atoms with E-state index in [1.54, 1.807) is 6.08 Å². The highest BCUT2D eigenvalue weighted by Gasteiger charge is 2.22. The molecule has 0 aromatic heterocycles. The third-order valence-corrected chi connectivity index (χ3v) is 2.97. The van der Waals surface area contributed by atoms with Gasteiger partial charge in [-0.1, -0.05) is 49.6 Å². The first-order valence-electron chi connectivity index (χ1n) is 6.37. The quantitative estimate of drug-likeness (QED) is 0.639. The SMILES string of the molecule is C=C/C=C(\C=C)[C@@H]1CCC(=C/C)/C(=C\C=C/C)O1. The normalized spacial score (nSPS) is 25.4. The molecular weight excluding hydrogens is 220 g/mol. The molecule has 0 aromatic carbocycles. The summed E-state index contributed by atoms with van der Waals surface area (Å²) in [5.74, 6) is 0.962. The molecule has 1 rings (SSSR count). The molecule has 0 bridgehead atoms. The first-order chi connectivity index (χ1) is 8.76. The minimum Gasteiger partial charge on any atom is -0.485 e. The van der Waals surface area contributed by atoms with Gasteiger partial charge in [-0.2, -0.15) is 0 Å². The fraction of sp³-hybridized carbons (Fsp3) is 0.294. The molecule has 1 aliphatic rings. The molecule has 0 amide bonds. The van der Waals surface area contributed by atoms with Crippen LogP contribution in [0.5, 0.6) is 0 Å². The number of hydrogen-bond donors (Lipinski definition) is 0. The van der Waals surface area contributed by atoms with E-state index in [0.717, 1.165) is 24.2 Å². The average molecular weight is 242 g/mol. The Morgan fingerprint density at radius 3 is 2.67 bits per heavy atom. The molecule has 0 radical (unpaired) electrons. The Bertz CT molecular complexity index is 419. The summed E-state index contributed by atoms with van der Waals surface area (Å²) < 4.78 is 6.05. The summed E-state index contributed by atoms with van der Waals surface area (Å²) in [7, 11) is 0. The molecule has 1 fully saturated rings. The predicted molar refractivity (Wildman–Crippen MR) is 79.2 cm³/mol. The molecule has 1 saturated heterocycles. The van der Waals surface area contributed by atoms with Gasteiger partial charge in [-0.15, -0.1) is 0 Å². The summed E-state index contributed by atoms with van der Waals surface area (Å²) in [5.41, 5.74) is 2.36. The van der Waals surface area contributed by atoms with E-state index in [-0.39, 0.29) is 6.10 Å². The lowest BCUT2D eigenvalue weighted by molar-refractivity contribution is 0.126. The number of rotatable bonds is 4. The van der Waals surface area contributed by atoms with Gasteiger partial charge in [0.05, 0.1) is 0 Å². The van der Waals surface area contributed by atoms with Gasteiger partial charge in [0, 0.05) is 0 Å². The maximum Gasteiger partial charge on any atom is 0.124 e. The van der Waals surface area contributed by atoms with E-state index in [0.29, 0.717) is 0 Å². The standard InChI is InChI=1S/C17H22O/c1-5-9-11-16-15(8-4)12-13-17(18-16)14(7-3)10-6-2/h5-11,17H,2-3,12-13H2,1,4H3/b9-5-,14-10+,15-8-,16-11+/t17-/m0/s1. The molecule has 1 heteroatoms. The van der Waals surface area contributed by atoms with Gasteiger partial charge < -0.3 is 4.74 Å². The Labute approximate surface area is 111 Å². The zero-order valence-corrected chi connectivity index (χ0v) is 11.4. The highest BCUT2D eigenvalue weighted by atomic mass is 16.5. The van der Waals surface area contributed by atoms with Gasteiger partial charge in [0.25, 0.3) is 0 Å². The predicted octanol–water partition coefficient (Wildman–Crippen LogP) is 4.87. The van der Waals surface area contributed by atoms with Gasteiger partial charge >= 0.3 is 0 Å². The second-order valence-corrected chi connectivity index (χ2v) is 4.12. The van der Waals surface area contributed by atoms with E-state index >= 15 is 0 Å². The van der Waals surface area contributed by atoms with E-state index in [9.17, 15) is 0 Å². The van der Waals surface area contributed by atoms with Gasteiger partial charge in [-0.3, -0.25) is 0 Å². The summed E-state index contributed by atoms with van der Waals surface area (Å²) in [6, 6.07) is 0. The lowest BCUT2D eigenvalue weighted by Crippen LogP contribution is -2.20. The van der Waals surface area contributed by atoms with E-state index in [1.165, 1.54) is 5.57 Å². The molecular formula is C17H22O. The summed E-state index contributed by atoms with van der Waals surface area (Å²) in [6.45, 7) is 11.6. The molecule has 0 aromatic rings. The molecule has 1 atom stereocenters. The van der Waals surface area contributed by atoms with Crippen molar-refractivity contribution < 1.29 is 4.74 Å². The van der Waals surface area contributed by atoms with Crippen LogP contribution in [0.25, 0.3) is 0 Å². The summed E-state index contributed by atoms with van der Waals surface area (Å²) >= 11 is 0. The van der Waals surface area contributed by atoms with Crippen LogP contribution >= 0.6 is 0 Å². The van der Waals surface area contributed by atoms with E-state index in [4.69, 9.17) is 4.74 Å². The molecule has 0 unspecified atom stereocenters. The van der Waals surface area contributed by atoms with Crippen LogP contribution in [-0.2, 0) is 4.74 Å². The van der Waals surface area contributed by atoms with Gasteiger partial charge in [0.2, 0.25) is 0 Å². The van der Waals surface area contributed by atoms with Crippen LogP contribution in [0.3, 0.4) is 0 Å². The molecule has 18 heavy (non-hydrogen) atoms. The fourth-order valence-corrected chi connectivity index (χ4v) is 1.99. The van der Waals surface area contributed by atoms with Crippen molar-refractivity contribution in [1.29, 1.82) is 0 Å². The van der Waals surface area contributed by atoms with E-state index < -0.39 is 0 Å². The largest absolute Gasteiger partial charge is 0.485 e. The van der Waals surface area contributed by atoms with Gasteiger partial charge in [0.15, 0.2) is 0 Å². The smallest absolute Gasteiger partial charge is 0.124 e. The monoisotopic (exact) mass is 242 g/mol. The minimum absolute atomic E-state index is 0.0840. The summed E-state index contributed by atoms with van der Waals surface area (Å²) in [4.78, 5) is 0. The van der Waals surface area contributed by atoms with Crippen molar-refractivity contribution in [3.05, 3.63) is 72.6 Å². The van der Waals surface area contributed by atoms with Crippen LogP contribution in [0.15, 0.2) is 72.6 Å². The Balaban J connectivity index is 2.94. The van der Waals surface area contributed by atoms with Crippen LogP contribution in [0, 0.1) is 0 Å². The molecule has 1 aliphatic heterocycles. The van der Waals surface area contributed by atoms with Crippen molar-refractivity contribution in [3.8, 4) is 0 Å². The molecule has 0 aliphatic carbocycles. The van der Waals surface area contributed by atoms with Crippen molar-refractivity contribution in [1.82, 2.24) is 0 Å².